The monoisotopic (exact) mass is 206 g/mol. The summed E-state index contributed by atoms with van der Waals surface area (Å²) in [5, 5.41) is 2.86. The summed E-state index contributed by atoms with van der Waals surface area (Å²) in [5.74, 6) is -2.54. The molecule has 1 aliphatic heterocycles. The van der Waals surface area contributed by atoms with E-state index in [1.807, 2.05) is 32.7 Å². The first kappa shape index (κ1) is 11.9. The molecular formula is C10H20F2N2. The molecule has 0 radical (unpaired) electrons. The predicted octanol–water partition coefficient (Wildman–Crippen LogP) is 1.71. The van der Waals surface area contributed by atoms with Crippen molar-refractivity contribution in [3.05, 3.63) is 0 Å². The first-order valence-electron chi connectivity index (χ1n) is 5.06. The molecule has 4 heteroatoms. The Morgan fingerprint density at radius 2 is 2.00 bits per heavy atom. The zero-order valence-corrected chi connectivity index (χ0v) is 9.40. The third kappa shape index (κ3) is 2.64. The Balaban J connectivity index is 2.52. The van der Waals surface area contributed by atoms with Gasteiger partial charge in [-0.3, -0.25) is 4.90 Å². The second kappa shape index (κ2) is 3.74. The lowest BCUT2D eigenvalue weighted by molar-refractivity contribution is -0.0254. The first-order chi connectivity index (χ1) is 6.23. The number of nitrogens with one attached hydrogen (secondary N) is 1. The van der Waals surface area contributed by atoms with E-state index in [9.17, 15) is 8.78 Å². The average Bonchev–Trinajstić information content (AvgIpc) is 2.29. The van der Waals surface area contributed by atoms with E-state index < -0.39 is 12.0 Å². The number of rotatable bonds is 2. The van der Waals surface area contributed by atoms with Crippen LogP contribution in [0.25, 0.3) is 0 Å². The summed E-state index contributed by atoms with van der Waals surface area (Å²) in [6, 6.07) is -0.688. The van der Waals surface area contributed by atoms with E-state index in [1.165, 1.54) is 0 Å². The molecule has 0 saturated carbocycles. The number of nitrogens with zero attached hydrogens (tertiary/aromatic N) is 1. The molecule has 0 bridgehead atoms. The summed E-state index contributed by atoms with van der Waals surface area (Å²) in [6.45, 7) is 6.91. The average molecular weight is 206 g/mol. The van der Waals surface area contributed by atoms with Crippen molar-refractivity contribution < 1.29 is 8.78 Å². The maximum atomic E-state index is 13.3. The maximum absolute atomic E-state index is 13.3. The molecule has 0 aromatic carbocycles. The van der Waals surface area contributed by atoms with E-state index in [4.69, 9.17) is 0 Å². The number of hydrogen-bond acceptors (Lipinski definition) is 2. The summed E-state index contributed by atoms with van der Waals surface area (Å²) in [6.07, 6.45) is -0.0321. The van der Waals surface area contributed by atoms with Crippen molar-refractivity contribution in [3.8, 4) is 0 Å². The lowest BCUT2D eigenvalue weighted by atomic mass is 10.0. The molecule has 1 unspecified atom stereocenters. The Bertz CT molecular complexity index is 199. The van der Waals surface area contributed by atoms with Crippen molar-refractivity contribution in [1.82, 2.24) is 10.2 Å². The van der Waals surface area contributed by atoms with Crippen LogP contribution in [-0.2, 0) is 0 Å². The predicted molar refractivity (Wildman–Crippen MR) is 53.7 cm³/mol. The van der Waals surface area contributed by atoms with E-state index in [1.54, 1.807) is 0 Å². The largest absolute Gasteiger partial charge is 0.307 e. The summed E-state index contributed by atoms with van der Waals surface area (Å²) in [4.78, 5) is 1.96. The molecule has 0 amide bonds. The van der Waals surface area contributed by atoms with Gasteiger partial charge in [-0.05, 0) is 27.8 Å². The summed E-state index contributed by atoms with van der Waals surface area (Å²) in [7, 11) is 1.88. The van der Waals surface area contributed by atoms with Gasteiger partial charge in [0, 0.05) is 25.0 Å². The van der Waals surface area contributed by atoms with Gasteiger partial charge in [-0.15, -0.1) is 0 Å². The molecule has 1 rings (SSSR count). The standard InChI is InChI=1S/C10H20F2N2/c1-9(2,3)14(4)7-8-10(11,12)5-6-13-8/h8,13H,5-7H2,1-4H3. The van der Waals surface area contributed by atoms with Gasteiger partial charge in [-0.2, -0.15) is 0 Å². The minimum atomic E-state index is -2.54. The van der Waals surface area contributed by atoms with Gasteiger partial charge in [0.25, 0.3) is 5.92 Å². The van der Waals surface area contributed by atoms with Crippen molar-refractivity contribution in [3.63, 3.8) is 0 Å². The van der Waals surface area contributed by atoms with Crippen molar-refractivity contribution in [2.45, 2.75) is 44.7 Å². The number of hydrogen-bond donors (Lipinski definition) is 1. The minimum Gasteiger partial charge on any atom is -0.307 e. The summed E-state index contributed by atoms with van der Waals surface area (Å²) < 4.78 is 26.5. The second-order valence-corrected chi connectivity index (χ2v) is 5.07. The SMILES string of the molecule is CN(CC1NCCC1(F)F)C(C)(C)C. The Kier molecular flexibility index (Phi) is 3.17. The quantitative estimate of drug-likeness (QED) is 0.740. The lowest BCUT2D eigenvalue weighted by Gasteiger charge is -2.35. The van der Waals surface area contributed by atoms with Crippen LogP contribution in [0.3, 0.4) is 0 Å². The van der Waals surface area contributed by atoms with Crippen molar-refractivity contribution >= 4 is 0 Å². The van der Waals surface area contributed by atoms with Crippen LogP contribution in [0.2, 0.25) is 0 Å². The van der Waals surface area contributed by atoms with Gasteiger partial charge < -0.3 is 5.32 Å². The zero-order chi connectivity index (χ0) is 11.0. The highest BCUT2D eigenvalue weighted by atomic mass is 19.3. The smallest absolute Gasteiger partial charge is 0.265 e. The van der Waals surface area contributed by atoms with Crippen molar-refractivity contribution in [2.75, 3.05) is 20.1 Å². The van der Waals surface area contributed by atoms with Crippen LogP contribution in [-0.4, -0.2) is 42.5 Å². The van der Waals surface area contributed by atoms with Crippen molar-refractivity contribution in [2.24, 2.45) is 0 Å². The first-order valence-corrected chi connectivity index (χ1v) is 5.06. The van der Waals surface area contributed by atoms with E-state index in [0.717, 1.165) is 0 Å². The van der Waals surface area contributed by atoms with Gasteiger partial charge in [0.2, 0.25) is 0 Å². The van der Waals surface area contributed by atoms with Gasteiger partial charge in [0.05, 0.1) is 6.04 Å². The highest BCUT2D eigenvalue weighted by molar-refractivity contribution is 4.93. The van der Waals surface area contributed by atoms with Gasteiger partial charge in [0.15, 0.2) is 0 Å². The topological polar surface area (TPSA) is 15.3 Å². The molecule has 84 valence electrons. The van der Waals surface area contributed by atoms with Crippen LogP contribution in [0.1, 0.15) is 27.2 Å². The molecule has 1 heterocycles. The molecule has 1 fully saturated rings. The Hall–Kier alpha value is -0.220. The molecule has 1 atom stereocenters. The van der Waals surface area contributed by atoms with Crippen LogP contribution < -0.4 is 5.32 Å². The fourth-order valence-electron chi connectivity index (χ4n) is 1.48. The Labute approximate surface area is 84.7 Å². The molecule has 14 heavy (non-hydrogen) atoms. The highest BCUT2D eigenvalue weighted by Crippen LogP contribution is 2.28. The van der Waals surface area contributed by atoms with Crippen LogP contribution in [0.15, 0.2) is 0 Å². The fraction of sp³-hybridized carbons (Fsp3) is 1.00. The molecule has 0 aromatic heterocycles. The molecule has 1 N–H and O–H groups in total. The molecule has 0 aliphatic carbocycles. The molecule has 0 aromatic rings. The molecule has 2 nitrogen and oxygen atoms in total. The lowest BCUT2D eigenvalue weighted by Crippen LogP contribution is -2.50. The molecule has 0 spiro atoms. The van der Waals surface area contributed by atoms with E-state index in [-0.39, 0.29) is 12.0 Å². The van der Waals surface area contributed by atoms with E-state index in [0.29, 0.717) is 13.1 Å². The molecule has 1 aliphatic rings. The second-order valence-electron chi connectivity index (χ2n) is 5.07. The maximum Gasteiger partial charge on any atom is 0.265 e. The third-order valence-electron chi connectivity index (χ3n) is 2.96. The Morgan fingerprint density at radius 1 is 1.43 bits per heavy atom. The van der Waals surface area contributed by atoms with Gasteiger partial charge >= 0.3 is 0 Å². The van der Waals surface area contributed by atoms with Crippen LogP contribution >= 0.6 is 0 Å². The minimum absolute atomic E-state index is 0.0321. The fourth-order valence-corrected chi connectivity index (χ4v) is 1.48. The van der Waals surface area contributed by atoms with Crippen LogP contribution in [0.4, 0.5) is 8.78 Å². The summed E-state index contributed by atoms with van der Waals surface area (Å²) in [5.41, 5.74) is -0.0552. The Morgan fingerprint density at radius 3 is 2.36 bits per heavy atom. The van der Waals surface area contributed by atoms with Crippen LogP contribution in [0, 0.1) is 0 Å². The van der Waals surface area contributed by atoms with Gasteiger partial charge in [-0.25, -0.2) is 8.78 Å². The van der Waals surface area contributed by atoms with E-state index >= 15 is 0 Å². The van der Waals surface area contributed by atoms with Gasteiger partial charge in [0.1, 0.15) is 0 Å². The molecule has 1 saturated heterocycles. The highest BCUT2D eigenvalue weighted by Gasteiger charge is 2.44. The number of likely N-dealkylation sites (N-methyl/N-ethyl adjacent to an activating group) is 1. The van der Waals surface area contributed by atoms with Crippen LogP contribution in [0.5, 0.6) is 0 Å². The number of alkyl halides is 2. The van der Waals surface area contributed by atoms with E-state index in [2.05, 4.69) is 5.32 Å². The van der Waals surface area contributed by atoms with Gasteiger partial charge in [-0.1, -0.05) is 0 Å². The zero-order valence-electron chi connectivity index (χ0n) is 9.40. The third-order valence-corrected chi connectivity index (χ3v) is 2.96. The summed E-state index contributed by atoms with van der Waals surface area (Å²) >= 11 is 0. The van der Waals surface area contributed by atoms with Crippen molar-refractivity contribution in [1.29, 1.82) is 0 Å². The normalized spacial score (nSPS) is 27.2. The number of halogens is 2. The molecular weight excluding hydrogens is 186 g/mol.